The number of primary amides is 1. The van der Waals surface area contributed by atoms with Crippen LogP contribution in [-0.2, 0) is 26.1 Å². The predicted octanol–water partition coefficient (Wildman–Crippen LogP) is 5.33. The van der Waals surface area contributed by atoms with Gasteiger partial charge in [0.25, 0.3) is 0 Å². The van der Waals surface area contributed by atoms with Crippen LogP contribution in [0.3, 0.4) is 0 Å². The molecule has 1 saturated carbocycles. The van der Waals surface area contributed by atoms with E-state index in [1.165, 1.54) is 28.6 Å². The fraction of sp³-hybridized carbons (Fsp3) is 0.241. The Morgan fingerprint density at radius 3 is 2.40 bits per heavy atom. The minimum Gasteiger partial charge on any atom is -0.455 e. The fourth-order valence-corrected chi connectivity index (χ4v) is 5.53. The molecular weight excluding hydrogens is 539 g/mol. The summed E-state index contributed by atoms with van der Waals surface area (Å²) < 4.78 is 57.3. The zero-order chi connectivity index (χ0) is 28.4. The van der Waals surface area contributed by atoms with Crippen molar-refractivity contribution >= 4 is 38.7 Å². The largest absolute Gasteiger partial charge is 0.455 e. The molecule has 2 N–H and O–H groups in total. The normalized spacial score (nSPS) is 13.3. The summed E-state index contributed by atoms with van der Waals surface area (Å²) in [6.45, 7) is 0.524. The third-order valence-electron chi connectivity index (χ3n) is 6.58. The number of hydrogen-bond donors (Lipinski definition) is 1. The lowest BCUT2D eigenvalue weighted by molar-refractivity contribution is 0.0640. The van der Waals surface area contributed by atoms with E-state index in [0.717, 1.165) is 24.7 Å². The minimum atomic E-state index is -3.74. The number of amides is 1. The lowest BCUT2D eigenvalue weighted by Gasteiger charge is -2.25. The van der Waals surface area contributed by atoms with Crippen LogP contribution in [0.2, 0.25) is 0 Å². The minimum absolute atomic E-state index is 0.0391. The average molecular weight is 567 g/mol. The number of furan rings is 1. The highest BCUT2D eigenvalue weighted by molar-refractivity contribution is 7.92. The Hall–Kier alpha value is -4.22. The van der Waals surface area contributed by atoms with Gasteiger partial charge in [-0.2, -0.15) is 0 Å². The van der Waals surface area contributed by atoms with Crippen molar-refractivity contribution in [2.45, 2.75) is 25.4 Å². The Kier molecular flexibility index (Phi) is 7.59. The molecule has 1 aromatic heterocycles. The van der Waals surface area contributed by atoms with Gasteiger partial charge in [-0.3, -0.25) is 4.31 Å². The first-order chi connectivity index (χ1) is 19.1. The quantitative estimate of drug-likeness (QED) is 0.156. The highest BCUT2D eigenvalue weighted by Gasteiger charge is 2.33. The summed E-state index contributed by atoms with van der Waals surface area (Å²) >= 11 is 0. The maximum Gasteiger partial charge on any atom is 0.412 e. The Bertz CT molecular complexity index is 1660. The number of nitrogens with zero attached hydrogens (tertiary/aromatic N) is 1. The number of halogens is 1. The van der Waals surface area contributed by atoms with E-state index in [2.05, 4.69) is 4.74 Å². The van der Waals surface area contributed by atoms with Crippen LogP contribution in [0, 0.1) is 5.82 Å². The summed E-state index contributed by atoms with van der Waals surface area (Å²) in [6, 6.07) is 18.0. The van der Waals surface area contributed by atoms with Gasteiger partial charge in [0.2, 0.25) is 10.0 Å². The number of anilines is 1. The molecule has 0 aliphatic heterocycles. The van der Waals surface area contributed by atoms with E-state index in [9.17, 15) is 22.4 Å². The molecule has 3 aromatic carbocycles. The summed E-state index contributed by atoms with van der Waals surface area (Å²) in [6.07, 6.45) is 1.50. The molecule has 4 aromatic rings. The van der Waals surface area contributed by atoms with Crippen molar-refractivity contribution in [3.63, 3.8) is 0 Å². The monoisotopic (exact) mass is 566 g/mol. The molecule has 0 atom stereocenters. The molecule has 1 heterocycles. The maximum atomic E-state index is 13.6. The summed E-state index contributed by atoms with van der Waals surface area (Å²) in [5, 5.41) is 0.324. The van der Waals surface area contributed by atoms with Crippen LogP contribution in [0.15, 0.2) is 71.1 Å². The van der Waals surface area contributed by atoms with Gasteiger partial charge in [0.05, 0.1) is 31.7 Å². The number of carbonyl (C=O) groups is 2. The van der Waals surface area contributed by atoms with Gasteiger partial charge in [-0.1, -0.05) is 30.3 Å². The van der Waals surface area contributed by atoms with Gasteiger partial charge in [0, 0.05) is 17.0 Å². The topological polar surface area (TPSA) is 129 Å². The van der Waals surface area contributed by atoms with E-state index >= 15 is 0 Å². The predicted molar refractivity (Wildman–Crippen MR) is 147 cm³/mol. The van der Waals surface area contributed by atoms with Crippen molar-refractivity contribution in [1.82, 2.24) is 0 Å². The molecule has 0 radical (unpaired) electrons. The Labute approximate surface area is 230 Å². The molecule has 9 nitrogen and oxygen atoms in total. The number of esters is 1. The van der Waals surface area contributed by atoms with Crippen LogP contribution in [0.5, 0.6) is 0 Å². The van der Waals surface area contributed by atoms with Crippen LogP contribution < -0.4 is 10.0 Å². The lowest BCUT2D eigenvalue weighted by atomic mass is 10.0. The number of carbonyl (C=O) groups excluding carboxylic acids is 2. The summed E-state index contributed by atoms with van der Waals surface area (Å²) in [4.78, 5) is 24.4. The van der Waals surface area contributed by atoms with E-state index in [-0.39, 0.29) is 36.0 Å². The third-order valence-corrected chi connectivity index (χ3v) is 7.76. The molecule has 11 heteroatoms. The molecule has 0 bridgehead atoms. The van der Waals surface area contributed by atoms with Crippen molar-refractivity contribution < 1.29 is 36.3 Å². The van der Waals surface area contributed by atoms with Crippen LogP contribution >= 0.6 is 0 Å². The fourth-order valence-electron chi connectivity index (χ4n) is 4.61. The Balaban J connectivity index is 1.57. The average Bonchev–Trinajstić information content (AvgIpc) is 3.68. The smallest absolute Gasteiger partial charge is 0.412 e. The SMILES string of the molecule is CS(=O)(=O)N(CCOCc1ccccc1)c1cc2oc(-c3ccc(F)cc3)c(C(=O)OC(N)=O)c2cc1C1CC1. The van der Waals surface area contributed by atoms with Gasteiger partial charge in [-0.15, -0.1) is 0 Å². The molecule has 1 aliphatic rings. The second kappa shape index (κ2) is 11.1. The van der Waals surface area contributed by atoms with Crippen molar-refractivity contribution in [2.24, 2.45) is 5.73 Å². The van der Waals surface area contributed by atoms with Gasteiger partial charge < -0.3 is 19.6 Å². The molecule has 0 saturated heterocycles. The summed E-state index contributed by atoms with van der Waals surface area (Å²) in [5.41, 5.74) is 7.67. The van der Waals surface area contributed by atoms with Crippen molar-refractivity contribution in [1.29, 1.82) is 0 Å². The van der Waals surface area contributed by atoms with Gasteiger partial charge in [0.1, 0.15) is 22.7 Å². The second-order valence-corrected chi connectivity index (χ2v) is 11.5. The van der Waals surface area contributed by atoms with Crippen LogP contribution in [0.25, 0.3) is 22.3 Å². The molecule has 0 spiro atoms. The van der Waals surface area contributed by atoms with Crippen LogP contribution in [0.1, 0.15) is 40.2 Å². The Morgan fingerprint density at radius 2 is 1.77 bits per heavy atom. The molecule has 0 unspecified atom stereocenters. The zero-order valence-corrected chi connectivity index (χ0v) is 22.4. The van der Waals surface area contributed by atoms with E-state index in [1.807, 2.05) is 30.3 Å². The van der Waals surface area contributed by atoms with Crippen molar-refractivity contribution in [3.05, 3.63) is 89.2 Å². The zero-order valence-electron chi connectivity index (χ0n) is 21.6. The number of nitrogens with two attached hydrogens (primary N) is 1. The summed E-state index contributed by atoms with van der Waals surface area (Å²) in [5.74, 6) is -1.41. The summed E-state index contributed by atoms with van der Waals surface area (Å²) in [7, 11) is -3.74. The number of benzene rings is 3. The van der Waals surface area contributed by atoms with Gasteiger partial charge in [-0.05, 0) is 60.2 Å². The van der Waals surface area contributed by atoms with E-state index in [0.29, 0.717) is 28.8 Å². The Morgan fingerprint density at radius 1 is 1.07 bits per heavy atom. The van der Waals surface area contributed by atoms with E-state index in [4.69, 9.17) is 14.9 Å². The number of sulfonamides is 1. The first-order valence-electron chi connectivity index (χ1n) is 12.6. The number of ether oxygens (including phenoxy) is 2. The van der Waals surface area contributed by atoms with Gasteiger partial charge >= 0.3 is 12.1 Å². The third kappa shape index (κ3) is 6.00. The molecular formula is C29H27FN2O7S. The number of hydrogen-bond acceptors (Lipinski definition) is 7. The van der Waals surface area contributed by atoms with E-state index in [1.54, 1.807) is 12.1 Å². The molecule has 1 aliphatic carbocycles. The highest BCUT2D eigenvalue weighted by atomic mass is 32.2. The standard InChI is InChI=1S/C29H27FN2O7S/c1-40(35,36)32(13-14-37-17-18-5-3-2-4-6-18)24-16-25-23(15-22(24)19-7-8-19)26(28(33)39-29(31)34)27(38-25)20-9-11-21(30)12-10-20/h2-6,9-12,15-16,19H,7-8,13-14,17H2,1H3,(H2,31,34). The van der Waals surface area contributed by atoms with Crippen molar-refractivity contribution in [3.8, 4) is 11.3 Å². The molecule has 1 fully saturated rings. The number of rotatable bonds is 10. The number of fused-ring (bicyclic) bond motifs is 1. The van der Waals surface area contributed by atoms with Crippen molar-refractivity contribution in [2.75, 3.05) is 23.7 Å². The second-order valence-electron chi connectivity index (χ2n) is 9.58. The first-order valence-corrected chi connectivity index (χ1v) is 14.4. The molecule has 40 heavy (non-hydrogen) atoms. The molecule has 208 valence electrons. The van der Waals surface area contributed by atoms with Crippen LogP contribution in [0.4, 0.5) is 14.9 Å². The van der Waals surface area contributed by atoms with E-state index < -0.39 is 27.9 Å². The molecule has 1 amide bonds. The lowest BCUT2D eigenvalue weighted by Crippen LogP contribution is -2.33. The molecule has 5 rings (SSSR count). The highest BCUT2D eigenvalue weighted by Crippen LogP contribution is 2.48. The first kappa shape index (κ1) is 27.4. The van der Waals surface area contributed by atoms with Gasteiger partial charge in [-0.25, -0.2) is 22.4 Å². The maximum absolute atomic E-state index is 13.6. The van der Waals surface area contributed by atoms with Crippen LogP contribution in [-0.4, -0.2) is 39.9 Å². The van der Waals surface area contributed by atoms with Gasteiger partial charge in [0.15, 0.2) is 0 Å².